The van der Waals surface area contributed by atoms with Gasteiger partial charge in [-0.2, -0.15) is 13.2 Å². The molecule has 0 spiro atoms. The molecule has 2 N–H and O–H groups in total. The fourth-order valence-electron chi connectivity index (χ4n) is 1.27. The van der Waals surface area contributed by atoms with Crippen LogP contribution in [0.5, 0.6) is 0 Å². The summed E-state index contributed by atoms with van der Waals surface area (Å²) >= 11 is 0. The Hall–Kier alpha value is -0.880. The molecule has 17 heavy (non-hydrogen) atoms. The molecule has 1 aromatic carbocycles. The molecular weight excluding hydrogens is 265 g/mol. The maximum absolute atomic E-state index is 12.9. The second-order valence-corrected chi connectivity index (χ2v) is 3.32. The van der Waals surface area contributed by atoms with Crippen molar-refractivity contribution in [2.75, 3.05) is 6.67 Å². The van der Waals surface area contributed by atoms with E-state index in [0.29, 0.717) is 12.1 Å². The van der Waals surface area contributed by atoms with Crippen molar-refractivity contribution in [3.63, 3.8) is 0 Å². The van der Waals surface area contributed by atoms with Crippen molar-refractivity contribution in [2.24, 2.45) is 5.73 Å². The van der Waals surface area contributed by atoms with Crippen LogP contribution in [0.25, 0.3) is 0 Å². The highest BCUT2D eigenvalue weighted by molar-refractivity contribution is 5.85. The molecule has 0 bridgehead atoms. The van der Waals surface area contributed by atoms with Gasteiger partial charge in [-0.05, 0) is 24.1 Å². The quantitative estimate of drug-likeness (QED) is 0.838. The number of hydrogen-bond donors (Lipinski definition) is 1. The Bertz CT molecular complexity index is 366. The van der Waals surface area contributed by atoms with E-state index in [1.165, 1.54) is 0 Å². The lowest BCUT2D eigenvalue weighted by molar-refractivity contribution is -0.140. The van der Waals surface area contributed by atoms with Gasteiger partial charge in [0.05, 0.1) is 12.2 Å². The highest BCUT2D eigenvalue weighted by atomic mass is 35.5. The summed E-state index contributed by atoms with van der Waals surface area (Å²) in [7, 11) is 0. The Morgan fingerprint density at radius 3 is 2.29 bits per heavy atom. The maximum Gasteiger partial charge on any atom is 0.419 e. The van der Waals surface area contributed by atoms with E-state index >= 15 is 0 Å². The summed E-state index contributed by atoms with van der Waals surface area (Å²) in [6.45, 7) is -0.736. The molecule has 98 valence electrons. The lowest BCUT2D eigenvalue weighted by Gasteiger charge is -2.13. The highest BCUT2D eigenvalue weighted by Gasteiger charge is 2.34. The first-order valence-electron chi connectivity index (χ1n) is 4.54. The number of halogens is 6. The van der Waals surface area contributed by atoms with E-state index in [0.717, 1.165) is 6.07 Å². The van der Waals surface area contributed by atoms with Gasteiger partial charge in [0, 0.05) is 6.04 Å². The Balaban J connectivity index is 0.00000256. The van der Waals surface area contributed by atoms with Crippen LogP contribution in [0.15, 0.2) is 18.2 Å². The third-order valence-electron chi connectivity index (χ3n) is 2.14. The van der Waals surface area contributed by atoms with Gasteiger partial charge in [-0.3, -0.25) is 4.39 Å². The smallest absolute Gasteiger partial charge is 0.324 e. The molecule has 0 amide bonds. The minimum Gasteiger partial charge on any atom is -0.324 e. The van der Waals surface area contributed by atoms with Crippen molar-refractivity contribution in [3.05, 3.63) is 35.1 Å². The molecule has 1 rings (SSSR count). The first kappa shape index (κ1) is 16.1. The van der Waals surface area contributed by atoms with Crippen LogP contribution in [0.4, 0.5) is 22.0 Å². The van der Waals surface area contributed by atoms with Crippen LogP contribution in [0.3, 0.4) is 0 Å². The molecule has 0 aliphatic rings. The molecule has 0 aromatic heterocycles. The normalized spacial score (nSPS) is 13.1. The van der Waals surface area contributed by atoms with Crippen molar-refractivity contribution in [1.29, 1.82) is 0 Å². The maximum atomic E-state index is 12.9. The van der Waals surface area contributed by atoms with Gasteiger partial charge in [-0.15, -0.1) is 12.4 Å². The minimum absolute atomic E-state index is 0. The predicted molar refractivity (Wildman–Crippen MR) is 56.2 cm³/mol. The van der Waals surface area contributed by atoms with Gasteiger partial charge in [0.2, 0.25) is 0 Å². The van der Waals surface area contributed by atoms with Gasteiger partial charge in [0.25, 0.3) is 0 Å². The van der Waals surface area contributed by atoms with Gasteiger partial charge < -0.3 is 5.73 Å². The summed E-state index contributed by atoms with van der Waals surface area (Å²) in [5, 5.41) is 0. The average Bonchev–Trinajstić information content (AvgIpc) is 2.16. The number of hydrogen-bond acceptors (Lipinski definition) is 1. The van der Waals surface area contributed by atoms with E-state index in [1.807, 2.05) is 0 Å². The summed E-state index contributed by atoms with van der Waals surface area (Å²) in [4.78, 5) is 0. The highest BCUT2D eigenvalue weighted by Crippen LogP contribution is 2.33. The Kier molecular flexibility index (Phi) is 5.84. The first-order chi connectivity index (χ1) is 7.36. The Labute approximate surface area is 101 Å². The van der Waals surface area contributed by atoms with Crippen LogP contribution >= 0.6 is 12.4 Å². The van der Waals surface area contributed by atoms with Crippen LogP contribution in [0, 0.1) is 5.82 Å². The van der Waals surface area contributed by atoms with E-state index in [9.17, 15) is 22.0 Å². The molecular formula is C10H11ClF5N. The van der Waals surface area contributed by atoms with Crippen molar-refractivity contribution >= 4 is 12.4 Å². The summed E-state index contributed by atoms with van der Waals surface area (Å²) in [6, 6.07) is 1.59. The Morgan fingerprint density at radius 2 is 1.82 bits per heavy atom. The molecule has 0 saturated carbocycles. The monoisotopic (exact) mass is 275 g/mol. The molecule has 1 atom stereocenters. The third kappa shape index (κ3) is 4.12. The Morgan fingerprint density at radius 1 is 1.24 bits per heavy atom. The van der Waals surface area contributed by atoms with E-state index in [4.69, 9.17) is 5.73 Å². The number of nitrogens with two attached hydrogens (primary N) is 1. The molecule has 0 unspecified atom stereocenters. The van der Waals surface area contributed by atoms with Gasteiger partial charge in [-0.1, -0.05) is 6.07 Å². The van der Waals surface area contributed by atoms with E-state index < -0.39 is 30.3 Å². The molecule has 7 heteroatoms. The zero-order valence-electron chi connectivity index (χ0n) is 8.60. The summed E-state index contributed by atoms with van der Waals surface area (Å²) in [5.41, 5.74) is 4.14. The predicted octanol–water partition coefficient (Wildman–Crippen LogP) is 3.63. The van der Waals surface area contributed by atoms with Gasteiger partial charge in [-0.25, -0.2) is 4.39 Å². The number of benzene rings is 1. The van der Waals surface area contributed by atoms with Crippen LogP contribution in [-0.4, -0.2) is 6.67 Å². The standard InChI is InChI=1S/C10H10F5N.ClH/c11-4-3-9(16)6-1-2-8(12)7(5-6)10(13,14)15;/h1-2,5,9H,3-4,16H2;1H/t9-;/m1./s1. The van der Waals surface area contributed by atoms with Crippen molar-refractivity contribution in [1.82, 2.24) is 0 Å². The van der Waals surface area contributed by atoms with E-state index in [1.54, 1.807) is 0 Å². The van der Waals surface area contributed by atoms with Gasteiger partial charge in [0.1, 0.15) is 5.82 Å². The topological polar surface area (TPSA) is 26.0 Å². The van der Waals surface area contributed by atoms with Crippen LogP contribution in [0.1, 0.15) is 23.6 Å². The summed E-state index contributed by atoms with van der Waals surface area (Å²) < 4.78 is 61.8. The summed E-state index contributed by atoms with van der Waals surface area (Å²) in [5.74, 6) is -1.36. The first-order valence-corrected chi connectivity index (χ1v) is 4.54. The molecule has 0 aliphatic carbocycles. The van der Waals surface area contributed by atoms with Gasteiger partial charge in [0.15, 0.2) is 0 Å². The molecule has 0 saturated heterocycles. The van der Waals surface area contributed by atoms with Crippen molar-refractivity contribution in [3.8, 4) is 0 Å². The fourth-order valence-corrected chi connectivity index (χ4v) is 1.27. The lowest BCUT2D eigenvalue weighted by atomic mass is 10.0. The second kappa shape index (κ2) is 6.16. The number of alkyl halides is 4. The average molecular weight is 276 g/mol. The molecule has 1 aromatic rings. The SMILES string of the molecule is Cl.N[C@H](CCF)c1ccc(F)c(C(F)(F)F)c1. The van der Waals surface area contributed by atoms with Crippen molar-refractivity contribution in [2.45, 2.75) is 18.6 Å². The molecule has 0 heterocycles. The molecule has 1 nitrogen and oxygen atoms in total. The fraction of sp³-hybridized carbons (Fsp3) is 0.400. The zero-order valence-corrected chi connectivity index (χ0v) is 9.42. The third-order valence-corrected chi connectivity index (χ3v) is 2.14. The largest absolute Gasteiger partial charge is 0.419 e. The molecule has 0 fully saturated rings. The van der Waals surface area contributed by atoms with Gasteiger partial charge >= 0.3 is 6.18 Å². The molecule has 0 aliphatic heterocycles. The zero-order chi connectivity index (χ0) is 12.3. The molecule has 0 radical (unpaired) electrons. The van der Waals surface area contributed by atoms with E-state index in [2.05, 4.69) is 0 Å². The summed E-state index contributed by atoms with van der Waals surface area (Å²) in [6.07, 6.45) is -4.86. The van der Waals surface area contributed by atoms with Crippen molar-refractivity contribution < 1.29 is 22.0 Å². The second-order valence-electron chi connectivity index (χ2n) is 3.32. The van der Waals surface area contributed by atoms with E-state index in [-0.39, 0.29) is 24.4 Å². The van der Waals surface area contributed by atoms with Crippen LogP contribution < -0.4 is 5.73 Å². The van der Waals surface area contributed by atoms with Crippen LogP contribution in [0.2, 0.25) is 0 Å². The minimum atomic E-state index is -4.77. The number of rotatable bonds is 3. The van der Waals surface area contributed by atoms with Crippen LogP contribution in [-0.2, 0) is 6.18 Å². The lowest BCUT2D eigenvalue weighted by Crippen LogP contribution is -2.14.